The molecule has 0 radical (unpaired) electrons. The van der Waals surface area contributed by atoms with Crippen LogP contribution >= 0.6 is 0 Å². The predicted molar refractivity (Wildman–Crippen MR) is 79.7 cm³/mol. The summed E-state index contributed by atoms with van der Waals surface area (Å²) in [5.74, 6) is 0.540. The van der Waals surface area contributed by atoms with Gasteiger partial charge in [-0.2, -0.15) is 0 Å². The van der Waals surface area contributed by atoms with Gasteiger partial charge in [0.2, 0.25) is 0 Å². The van der Waals surface area contributed by atoms with Crippen LogP contribution in [-0.4, -0.2) is 23.8 Å². The second kappa shape index (κ2) is 7.45. The van der Waals surface area contributed by atoms with Crippen LogP contribution in [0.25, 0.3) is 0 Å². The summed E-state index contributed by atoms with van der Waals surface area (Å²) in [6, 6.07) is 16.9. The van der Waals surface area contributed by atoms with Gasteiger partial charge in [0.25, 0.3) is 0 Å². The van der Waals surface area contributed by atoms with E-state index in [-0.39, 0.29) is 0 Å². The number of ether oxygens (including phenoxy) is 2. The van der Waals surface area contributed by atoms with Gasteiger partial charge >= 0.3 is 5.97 Å². The first-order valence-corrected chi connectivity index (χ1v) is 6.85. The van der Waals surface area contributed by atoms with Gasteiger partial charge in [0.05, 0.1) is 0 Å². The van der Waals surface area contributed by atoms with Crippen LogP contribution in [0.5, 0.6) is 11.5 Å². The van der Waals surface area contributed by atoms with Crippen LogP contribution < -0.4 is 4.74 Å². The number of carboxylic acid groups (broad SMARTS) is 1. The summed E-state index contributed by atoms with van der Waals surface area (Å²) in [6.07, 6.45) is -0.467. The molecule has 21 heavy (non-hydrogen) atoms. The highest BCUT2D eigenvalue weighted by Gasteiger charge is 2.17. The van der Waals surface area contributed by atoms with Crippen LogP contribution in [0, 0.1) is 0 Å². The summed E-state index contributed by atoms with van der Waals surface area (Å²) in [5.41, 5.74) is 0.899. The maximum absolute atomic E-state index is 11.1. The Balaban J connectivity index is 2.00. The van der Waals surface area contributed by atoms with Gasteiger partial charge in [0.15, 0.2) is 6.10 Å². The molecule has 0 fully saturated rings. The summed E-state index contributed by atoms with van der Waals surface area (Å²) in [6.45, 7) is 2.17. The van der Waals surface area contributed by atoms with Crippen molar-refractivity contribution in [3.63, 3.8) is 0 Å². The number of rotatable bonds is 7. The van der Waals surface area contributed by atoms with Crippen molar-refractivity contribution in [2.75, 3.05) is 6.61 Å². The summed E-state index contributed by atoms with van der Waals surface area (Å²) >= 11 is 0. The van der Waals surface area contributed by atoms with Crippen LogP contribution in [0.15, 0.2) is 54.6 Å². The zero-order valence-corrected chi connectivity index (χ0v) is 11.9. The van der Waals surface area contributed by atoms with Crippen molar-refractivity contribution < 1.29 is 19.4 Å². The largest absolute Gasteiger partial charge is 0.479 e. The first-order chi connectivity index (χ1) is 10.2. The third-order valence-electron chi connectivity index (χ3n) is 2.97. The van der Waals surface area contributed by atoms with Crippen LogP contribution in [0.4, 0.5) is 0 Å². The topological polar surface area (TPSA) is 55.8 Å². The molecule has 4 heteroatoms. The van der Waals surface area contributed by atoms with Gasteiger partial charge in [-0.05, 0) is 36.8 Å². The Morgan fingerprint density at radius 3 is 2.24 bits per heavy atom. The molecular formula is C17H18O4. The van der Waals surface area contributed by atoms with Crippen LogP contribution in [0.2, 0.25) is 0 Å². The van der Waals surface area contributed by atoms with E-state index in [2.05, 4.69) is 0 Å². The number of aliphatic carboxylic acids is 1. The smallest absolute Gasteiger partial charge is 0.333 e. The number of hydrogen-bond acceptors (Lipinski definition) is 3. The van der Waals surface area contributed by atoms with Gasteiger partial charge in [0, 0.05) is 13.0 Å². The van der Waals surface area contributed by atoms with Crippen molar-refractivity contribution >= 4 is 5.97 Å². The fourth-order valence-electron chi connectivity index (χ4n) is 1.95. The molecule has 0 aliphatic heterocycles. The van der Waals surface area contributed by atoms with Crippen molar-refractivity contribution in [3.8, 4) is 11.5 Å². The van der Waals surface area contributed by atoms with Crippen molar-refractivity contribution in [2.45, 2.75) is 19.4 Å². The minimum absolute atomic E-state index is 0.342. The molecule has 0 saturated heterocycles. The van der Waals surface area contributed by atoms with E-state index in [0.29, 0.717) is 18.8 Å². The number of para-hydroxylation sites is 1. The van der Waals surface area contributed by atoms with Gasteiger partial charge in [-0.3, -0.25) is 0 Å². The first kappa shape index (κ1) is 15.1. The molecule has 0 aliphatic rings. The van der Waals surface area contributed by atoms with E-state index in [0.717, 1.165) is 11.3 Å². The summed E-state index contributed by atoms with van der Waals surface area (Å²) in [4.78, 5) is 11.1. The lowest BCUT2D eigenvalue weighted by Crippen LogP contribution is -2.26. The maximum Gasteiger partial charge on any atom is 0.333 e. The summed E-state index contributed by atoms with van der Waals surface area (Å²) in [7, 11) is 0. The quantitative estimate of drug-likeness (QED) is 0.846. The van der Waals surface area contributed by atoms with Crippen molar-refractivity contribution in [3.05, 3.63) is 60.2 Å². The number of carboxylic acids is 1. The standard InChI is InChI=1S/C17H18O4/c1-2-20-16(17(18)19)12-13-8-10-15(11-9-13)21-14-6-4-3-5-7-14/h3-11,16H,2,12H2,1H3,(H,18,19)/t16-/m1/s1. The van der Waals surface area contributed by atoms with E-state index >= 15 is 0 Å². The molecule has 0 aromatic heterocycles. The van der Waals surface area contributed by atoms with E-state index in [9.17, 15) is 4.79 Å². The SMILES string of the molecule is CCO[C@H](Cc1ccc(Oc2ccccc2)cc1)C(=O)O. The highest BCUT2D eigenvalue weighted by atomic mass is 16.5. The van der Waals surface area contributed by atoms with Crippen molar-refractivity contribution in [2.24, 2.45) is 0 Å². The van der Waals surface area contributed by atoms with E-state index in [4.69, 9.17) is 14.6 Å². The molecule has 0 aliphatic carbocycles. The second-order valence-corrected chi connectivity index (χ2v) is 4.55. The highest BCUT2D eigenvalue weighted by molar-refractivity contribution is 5.72. The Bertz CT molecular complexity index is 563. The van der Waals surface area contributed by atoms with Gasteiger partial charge in [-0.15, -0.1) is 0 Å². The Labute approximate surface area is 123 Å². The van der Waals surface area contributed by atoms with E-state index < -0.39 is 12.1 Å². The third kappa shape index (κ3) is 4.61. The lowest BCUT2D eigenvalue weighted by atomic mass is 10.1. The molecule has 0 saturated carbocycles. The predicted octanol–water partition coefficient (Wildman–Crippen LogP) is 3.51. The molecule has 0 amide bonds. The molecule has 0 bridgehead atoms. The molecular weight excluding hydrogens is 268 g/mol. The fraction of sp³-hybridized carbons (Fsp3) is 0.235. The Hall–Kier alpha value is -2.33. The van der Waals surface area contributed by atoms with Gasteiger partial charge in [0.1, 0.15) is 11.5 Å². The lowest BCUT2D eigenvalue weighted by Gasteiger charge is -2.12. The van der Waals surface area contributed by atoms with Crippen LogP contribution in [0.3, 0.4) is 0 Å². The monoisotopic (exact) mass is 286 g/mol. The van der Waals surface area contributed by atoms with E-state index in [1.165, 1.54) is 0 Å². The number of benzene rings is 2. The van der Waals surface area contributed by atoms with Crippen LogP contribution in [0.1, 0.15) is 12.5 Å². The Morgan fingerprint density at radius 1 is 1.05 bits per heavy atom. The minimum Gasteiger partial charge on any atom is -0.479 e. The molecule has 1 N–H and O–H groups in total. The fourth-order valence-corrected chi connectivity index (χ4v) is 1.95. The van der Waals surface area contributed by atoms with Gasteiger partial charge in [-0.25, -0.2) is 4.79 Å². The molecule has 110 valence electrons. The number of hydrogen-bond donors (Lipinski definition) is 1. The molecule has 2 aromatic rings. The molecule has 0 heterocycles. The van der Waals surface area contributed by atoms with Crippen LogP contribution in [-0.2, 0) is 16.0 Å². The lowest BCUT2D eigenvalue weighted by molar-refractivity contribution is -0.149. The Kier molecular flexibility index (Phi) is 5.35. The maximum atomic E-state index is 11.1. The summed E-state index contributed by atoms with van der Waals surface area (Å²) in [5, 5.41) is 9.07. The molecule has 4 nitrogen and oxygen atoms in total. The van der Waals surface area contributed by atoms with Gasteiger partial charge < -0.3 is 14.6 Å². The molecule has 2 rings (SSSR count). The van der Waals surface area contributed by atoms with Crippen molar-refractivity contribution in [1.82, 2.24) is 0 Å². The van der Waals surface area contributed by atoms with E-state index in [1.54, 1.807) is 6.92 Å². The van der Waals surface area contributed by atoms with E-state index in [1.807, 2.05) is 54.6 Å². The zero-order chi connectivity index (χ0) is 15.1. The average Bonchev–Trinajstić information content (AvgIpc) is 2.49. The highest BCUT2D eigenvalue weighted by Crippen LogP contribution is 2.21. The first-order valence-electron chi connectivity index (χ1n) is 6.85. The Morgan fingerprint density at radius 2 is 1.67 bits per heavy atom. The number of carbonyl (C=O) groups is 1. The average molecular weight is 286 g/mol. The molecule has 0 unspecified atom stereocenters. The molecule has 0 spiro atoms. The minimum atomic E-state index is -0.943. The van der Waals surface area contributed by atoms with Gasteiger partial charge in [-0.1, -0.05) is 30.3 Å². The summed E-state index contributed by atoms with van der Waals surface area (Å²) < 4.78 is 10.9. The third-order valence-corrected chi connectivity index (χ3v) is 2.97. The molecule has 2 aromatic carbocycles. The normalized spacial score (nSPS) is 11.9. The van der Waals surface area contributed by atoms with Crippen molar-refractivity contribution in [1.29, 1.82) is 0 Å². The zero-order valence-electron chi connectivity index (χ0n) is 11.9. The second-order valence-electron chi connectivity index (χ2n) is 4.55. The molecule has 1 atom stereocenters.